The lowest BCUT2D eigenvalue weighted by Gasteiger charge is -2.27. The van der Waals surface area contributed by atoms with E-state index in [9.17, 15) is 18.0 Å². The quantitative estimate of drug-likeness (QED) is 0.443. The van der Waals surface area contributed by atoms with E-state index in [2.05, 4.69) is 0 Å². The number of halogens is 4. The predicted octanol–water partition coefficient (Wildman–Crippen LogP) is 4.85. The Balaban J connectivity index is 2.05. The summed E-state index contributed by atoms with van der Waals surface area (Å²) >= 11 is 5.53. The van der Waals surface area contributed by atoms with Gasteiger partial charge in [0.2, 0.25) is 0 Å². The van der Waals surface area contributed by atoms with Gasteiger partial charge >= 0.3 is 6.18 Å². The van der Waals surface area contributed by atoms with Gasteiger partial charge in [0.1, 0.15) is 0 Å². The molecule has 1 nitrogen and oxygen atoms in total. The monoisotopic (exact) mass is 312 g/mol. The lowest BCUT2D eigenvalue weighted by Crippen LogP contribution is -2.38. The molecule has 2 rings (SSSR count). The molecule has 0 amide bonds. The maximum Gasteiger partial charge on any atom is 0.411 e. The maximum absolute atomic E-state index is 12.7. The molecule has 21 heavy (non-hydrogen) atoms. The van der Waals surface area contributed by atoms with Gasteiger partial charge in [0.05, 0.1) is 0 Å². The smallest absolute Gasteiger partial charge is 0.289 e. The van der Waals surface area contributed by atoms with E-state index in [1.165, 1.54) is 24.3 Å². The second kappa shape index (κ2) is 5.90. The summed E-state index contributed by atoms with van der Waals surface area (Å²) in [6.45, 7) is 0. The van der Waals surface area contributed by atoms with E-state index in [0.717, 1.165) is 6.08 Å². The molecular formula is C16H12ClF3O. The Hall–Kier alpha value is -1.81. The molecule has 5 heteroatoms. The second-order valence-electron chi connectivity index (χ2n) is 4.67. The third kappa shape index (κ3) is 3.64. The number of allylic oxidation sites excluding steroid dienone is 6. The van der Waals surface area contributed by atoms with E-state index >= 15 is 0 Å². The Morgan fingerprint density at radius 2 is 1.90 bits per heavy atom. The van der Waals surface area contributed by atoms with Crippen molar-refractivity contribution in [3.63, 3.8) is 0 Å². The third-order valence-electron chi connectivity index (χ3n) is 3.13. The van der Waals surface area contributed by atoms with Crippen molar-refractivity contribution in [2.24, 2.45) is 0 Å². The Morgan fingerprint density at radius 3 is 2.43 bits per heavy atom. The molecule has 1 aliphatic rings. The molecule has 0 saturated heterocycles. The Labute approximate surface area is 125 Å². The summed E-state index contributed by atoms with van der Waals surface area (Å²) in [6.07, 6.45) is 1.53. The van der Waals surface area contributed by atoms with Gasteiger partial charge in [-0.15, -0.1) is 11.6 Å². The number of hydrogen-bond acceptors (Lipinski definition) is 1. The van der Waals surface area contributed by atoms with Gasteiger partial charge in [0.15, 0.2) is 10.7 Å². The van der Waals surface area contributed by atoms with Gasteiger partial charge in [0, 0.05) is 5.56 Å². The molecule has 0 radical (unpaired) electrons. The molecule has 0 fully saturated rings. The van der Waals surface area contributed by atoms with Gasteiger partial charge in [0.25, 0.3) is 0 Å². The topological polar surface area (TPSA) is 17.1 Å². The van der Waals surface area contributed by atoms with E-state index in [-0.39, 0.29) is 12.2 Å². The molecule has 0 N–H and O–H groups in total. The minimum Gasteiger partial charge on any atom is -0.289 e. The average molecular weight is 313 g/mol. The number of benzene rings is 1. The zero-order chi connectivity index (χ0) is 15.5. The lowest BCUT2D eigenvalue weighted by atomic mass is 9.95. The molecule has 0 spiro atoms. The third-order valence-corrected chi connectivity index (χ3v) is 3.63. The first-order valence-electron chi connectivity index (χ1n) is 6.24. The standard InChI is InChI=1S/C16H12ClF3O/c17-15(16(18,19)20)10-8-12(9-11-15)6-7-14(21)13-4-2-1-3-5-13/h1-10H,11H2. The summed E-state index contributed by atoms with van der Waals surface area (Å²) in [5.74, 6) is -0.205. The number of alkyl halides is 4. The molecule has 1 atom stereocenters. The normalized spacial score (nSPS) is 22.4. The van der Waals surface area contributed by atoms with E-state index < -0.39 is 11.1 Å². The highest BCUT2D eigenvalue weighted by Crippen LogP contribution is 2.42. The van der Waals surface area contributed by atoms with Gasteiger partial charge in [-0.3, -0.25) is 4.79 Å². The molecule has 1 unspecified atom stereocenters. The van der Waals surface area contributed by atoms with Gasteiger partial charge in [-0.2, -0.15) is 13.2 Å². The van der Waals surface area contributed by atoms with Crippen LogP contribution >= 0.6 is 11.6 Å². The molecular weight excluding hydrogens is 301 g/mol. The van der Waals surface area contributed by atoms with Crippen LogP contribution in [0.5, 0.6) is 0 Å². The van der Waals surface area contributed by atoms with Gasteiger partial charge in [-0.05, 0) is 18.1 Å². The van der Waals surface area contributed by atoms with E-state index in [1.54, 1.807) is 30.3 Å². The number of carbonyl (C=O) groups is 1. The highest BCUT2D eigenvalue weighted by molar-refractivity contribution is 6.26. The van der Waals surface area contributed by atoms with Crippen LogP contribution in [0.3, 0.4) is 0 Å². The Kier molecular flexibility index (Phi) is 4.37. The van der Waals surface area contributed by atoms with E-state index in [4.69, 9.17) is 11.6 Å². The van der Waals surface area contributed by atoms with Crippen molar-refractivity contribution in [3.05, 3.63) is 71.8 Å². The van der Waals surface area contributed by atoms with Crippen molar-refractivity contribution >= 4 is 17.4 Å². The minimum absolute atomic E-state index is 0.205. The fourth-order valence-corrected chi connectivity index (χ4v) is 1.98. The molecule has 0 aliphatic heterocycles. The van der Waals surface area contributed by atoms with Gasteiger partial charge in [-0.1, -0.05) is 54.6 Å². The second-order valence-corrected chi connectivity index (χ2v) is 5.34. The van der Waals surface area contributed by atoms with Gasteiger partial charge < -0.3 is 0 Å². The first kappa shape index (κ1) is 15.6. The number of carbonyl (C=O) groups excluding carboxylic acids is 1. The summed E-state index contributed by atoms with van der Waals surface area (Å²) in [7, 11) is 0. The zero-order valence-corrected chi connectivity index (χ0v) is 11.7. The van der Waals surface area contributed by atoms with Crippen LogP contribution in [0.4, 0.5) is 13.2 Å². The summed E-state index contributed by atoms with van der Waals surface area (Å²) in [5.41, 5.74) is 1.05. The van der Waals surface area contributed by atoms with Crippen LogP contribution < -0.4 is 0 Å². The number of ketones is 1. The first-order valence-corrected chi connectivity index (χ1v) is 6.62. The molecule has 0 saturated carbocycles. The number of hydrogen-bond donors (Lipinski definition) is 0. The predicted molar refractivity (Wildman–Crippen MR) is 76.4 cm³/mol. The molecule has 1 aromatic carbocycles. The fourth-order valence-electron chi connectivity index (χ4n) is 1.84. The Morgan fingerprint density at radius 1 is 1.24 bits per heavy atom. The summed E-state index contributed by atoms with van der Waals surface area (Å²) in [4.78, 5) is 9.48. The molecule has 0 bridgehead atoms. The number of rotatable bonds is 3. The SMILES string of the molecule is O=C(C=CC1=CCC(Cl)(C(F)(F)F)C=C1)c1ccccc1. The van der Waals surface area contributed by atoms with E-state index in [0.29, 0.717) is 11.1 Å². The van der Waals surface area contributed by atoms with Crippen molar-refractivity contribution in [2.45, 2.75) is 17.5 Å². The lowest BCUT2D eigenvalue weighted by molar-refractivity contribution is -0.149. The van der Waals surface area contributed by atoms with Crippen LogP contribution in [-0.2, 0) is 0 Å². The van der Waals surface area contributed by atoms with Crippen LogP contribution in [0.2, 0.25) is 0 Å². The highest BCUT2D eigenvalue weighted by Gasteiger charge is 2.51. The highest BCUT2D eigenvalue weighted by atomic mass is 35.5. The van der Waals surface area contributed by atoms with Crippen molar-refractivity contribution in [3.8, 4) is 0 Å². The van der Waals surface area contributed by atoms with Crippen molar-refractivity contribution in [1.29, 1.82) is 0 Å². The molecule has 0 aromatic heterocycles. The maximum atomic E-state index is 12.7. The summed E-state index contributed by atoms with van der Waals surface area (Å²) in [6, 6.07) is 8.62. The minimum atomic E-state index is -4.50. The van der Waals surface area contributed by atoms with Crippen LogP contribution in [0.1, 0.15) is 16.8 Å². The zero-order valence-electron chi connectivity index (χ0n) is 10.9. The first-order chi connectivity index (χ1) is 9.82. The van der Waals surface area contributed by atoms with Crippen LogP contribution in [0, 0.1) is 0 Å². The fraction of sp³-hybridized carbons (Fsp3) is 0.188. The Bertz CT molecular complexity index is 614. The van der Waals surface area contributed by atoms with Crippen LogP contribution in [0.25, 0.3) is 0 Å². The molecule has 1 aliphatic carbocycles. The van der Waals surface area contributed by atoms with Crippen molar-refractivity contribution in [1.82, 2.24) is 0 Å². The van der Waals surface area contributed by atoms with E-state index in [1.807, 2.05) is 0 Å². The summed E-state index contributed by atoms with van der Waals surface area (Å²) < 4.78 is 38.1. The molecule has 0 heterocycles. The van der Waals surface area contributed by atoms with Crippen LogP contribution in [-0.4, -0.2) is 16.8 Å². The average Bonchev–Trinajstić information content (AvgIpc) is 2.46. The van der Waals surface area contributed by atoms with Gasteiger partial charge in [-0.25, -0.2) is 0 Å². The van der Waals surface area contributed by atoms with Crippen molar-refractivity contribution < 1.29 is 18.0 Å². The van der Waals surface area contributed by atoms with Crippen molar-refractivity contribution in [2.75, 3.05) is 0 Å². The largest absolute Gasteiger partial charge is 0.411 e. The van der Waals surface area contributed by atoms with Crippen LogP contribution in [0.15, 0.2) is 66.3 Å². The molecule has 110 valence electrons. The molecule has 1 aromatic rings. The summed E-state index contributed by atoms with van der Waals surface area (Å²) in [5, 5.41) is 0.